The first-order chi connectivity index (χ1) is 7.29. The van der Waals surface area contributed by atoms with Gasteiger partial charge in [-0.05, 0) is 18.2 Å². The van der Waals surface area contributed by atoms with Crippen LogP contribution in [0.25, 0.3) is 0 Å². The highest BCUT2D eigenvalue weighted by atomic mass is 19.1. The van der Waals surface area contributed by atoms with Crippen LogP contribution in [-0.2, 0) is 6.42 Å². The normalized spacial score (nSPS) is 10.3. The highest BCUT2D eigenvalue weighted by Crippen LogP contribution is 2.20. The molecule has 0 atom stereocenters. The van der Waals surface area contributed by atoms with Crippen molar-refractivity contribution in [2.75, 3.05) is 7.11 Å². The summed E-state index contributed by atoms with van der Waals surface area (Å²) in [7, 11) is 1.53. The zero-order valence-corrected chi connectivity index (χ0v) is 8.07. The van der Waals surface area contributed by atoms with Crippen LogP contribution in [0.4, 0.5) is 4.39 Å². The monoisotopic (exact) mass is 208 g/mol. The third-order valence-electron chi connectivity index (χ3n) is 1.98. The minimum Gasteiger partial charge on any atom is -0.496 e. The highest BCUT2D eigenvalue weighted by Gasteiger charge is 2.08. The summed E-state index contributed by atoms with van der Waals surface area (Å²) >= 11 is 0. The number of aromatic nitrogens is 4. The summed E-state index contributed by atoms with van der Waals surface area (Å²) in [5, 5.41) is 13.3. The Labute approximate surface area is 85.3 Å². The van der Waals surface area contributed by atoms with Crippen LogP contribution in [0, 0.1) is 5.82 Å². The molecule has 15 heavy (non-hydrogen) atoms. The van der Waals surface area contributed by atoms with Crippen LogP contribution >= 0.6 is 0 Å². The van der Waals surface area contributed by atoms with Gasteiger partial charge in [0.1, 0.15) is 11.6 Å². The zero-order valence-electron chi connectivity index (χ0n) is 8.07. The number of benzene rings is 1. The molecule has 0 saturated carbocycles. The van der Waals surface area contributed by atoms with Gasteiger partial charge >= 0.3 is 0 Å². The van der Waals surface area contributed by atoms with Gasteiger partial charge in [-0.25, -0.2) is 4.39 Å². The standard InChI is InChI=1S/C9H9FN4O/c1-15-8-3-2-7(10)4-6(8)5-9-11-13-14-12-9/h2-4H,5H2,1H3,(H,11,12,13,14). The van der Waals surface area contributed by atoms with Crippen LogP contribution in [0.1, 0.15) is 11.4 Å². The molecule has 0 saturated heterocycles. The van der Waals surface area contributed by atoms with Gasteiger partial charge in [0.25, 0.3) is 0 Å². The van der Waals surface area contributed by atoms with Gasteiger partial charge in [0.15, 0.2) is 5.82 Å². The topological polar surface area (TPSA) is 63.7 Å². The number of hydrogen-bond donors (Lipinski definition) is 1. The Morgan fingerprint density at radius 2 is 2.33 bits per heavy atom. The van der Waals surface area contributed by atoms with Crippen molar-refractivity contribution in [3.05, 3.63) is 35.4 Å². The Hall–Kier alpha value is -1.98. The summed E-state index contributed by atoms with van der Waals surface area (Å²) in [6.07, 6.45) is 0.386. The first kappa shape index (κ1) is 9.57. The molecule has 0 radical (unpaired) electrons. The van der Waals surface area contributed by atoms with E-state index in [1.807, 2.05) is 0 Å². The second-order valence-electron chi connectivity index (χ2n) is 2.96. The molecule has 6 heteroatoms. The molecule has 0 aliphatic rings. The van der Waals surface area contributed by atoms with E-state index in [-0.39, 0.29) is 5.82 Å². The van der Waals surface area contributed by atoms with Crippen LogP contribution in [0.5, 0.6) is 5.75 Å². The van der Waals surface area contributed by atoms with Gasteiger partial charge in [0.2, 0.25) is 0 Å². The Kier molecular flexibility index (Phi) is 2.57. The lowest BCUT2D eigenvalue weighted by atomic mass is 10.1. The number of nitrogens with one attached hydrogen (secondary N) is 1. The van der Waals surface area contributed by atoms with Crippen molar-refractivity contribution in [1.29, 1.82) is 0 Å². The number of rotatable bonds is 3. The van der Waals surface area contributed by atoms with E-state index >= 15 is 0 Å². The number of nitrogens with zero attached hydrogens (tertiary/aromatic N) is 3. The molecule has 78 valence electrons. The Morgan fingerprint density at radius 1 is 1.47 bits per heavy atom. The third kappa shape index (κ3) is 2.09. The fourth-order valence-electron chi connectivity index (χ4n) is 1.31. The van der Waals surface area contributed by atoms with E-state index in [1.165, 1.54) is 19.2 Å². The van der Waals surface area contributed by atoms with E-state index in [9.17, 15) is 4.39 Å². The van der Waals surface area contributed by atoms with Crippen LogP contribution in [0.2, 0.25) is 0 Å². The van der Waals surface area contributed by atoms with Gasteiger partial charge in [-0.3, -0.25) is 0 Å². The summed E-state index contributed by atoms with van der Waals surface area (Å²) in [4.78, 5) is 0. The molecular formula is C9H9FN4O. The highest BCUT2D eigenvalue weighted by molar-refractivity contribution is 5.35. The maximum atomic E-state index is 13.0. The number of tetrazole rings is 1. The predicted octanol–water partition coefficient (Wildman–Crippen LogP) is 0.938. The number of H-pyrrole nitrogens is 1. The zero-order chi connectivity index (χ0) is 10.7. The van der Waals surface area contributed by atoms with E-state index in [2.05, 4.69) is 20.6 Å². The van der Waals surface area contributed by atoms with Gasteiger partial charge in [0.05, 0.1) is 7.11 Å². The average molecular weight is 208 g/mol. The van der Waals surface area contributed by atoms with Crippen molar-refractivity contribution in [3.63, 3.8) is 0 Å². The lowest BCUT2D eigenvalue weighted by Gasteiger charge is -2.05. The van der Waals surface area contributed by atoms with Gasteiger partial charge < -0.3 is 4.74 Å². The van der Waals surface area contributed by atoms with Crippen molar-refractivity contribution < 1.29 is 9.13 Å². The summed E-state index contributed by atoms with van der Waals surface area (Å²) in [5.41, 5.74) is 0.693. The molecule has 0 fully saturated rings. The van der Waals surface area contributed by atoms with Crippen molar-refractivity contribution in [2.45, 2.75) is 6.42 Å². The first-order valence-corrected chi connectivity index (χ1v) is 4.34. The van der Waals surface area contributed by atoms with Gasteiger partial charge in [-0.1, -0.05) is 5.21 Å². The van der Waals surface area contributed by atoms with Crippen LogP contribution in [-0.4, -0.2) is 27.7 Å². The number of halogens is 1. The summed E-state index contributed by atoms with van der Waals surface area (Å²) in [6, 6.07) is 4.32. The molecule has 1 aromatic carbocycles. The van der Waals surface area contributed by atoms with E-state index in [4.69, 9.17) is 4.74 Å². The van der Waals surface area contributed by atoms with Gasteiger partial charge in [-0.15, -0.1) is 10.2 Å². The Balaban J connectivity index is 2.30. The van der Waals surface area contributed by atoms with Crippen LogP contribution in [0.15, 0.2) is 18.2 Å². The molecule has 1 heterocycles. The molecule has 0 unspecified atom stereocenters. The van der Waals surface area contributed by atoms with Crippen molar-refractivity contribution >= 4 is 0 Å². The molecule has 0 amide bonds. The Morgan fingerprint density at radius 3 is 3.00 bits per heavy atom. The molecule has 0 aliphatic heterocycles. The molecule has 1 aromatic heterocycles. The third-order valence-corrected chi connectivity index (χ3v) is 1.98. The average Bonchev–Trinajstić information content (AvgIpc) is 2.71. The molecule has 1 N–H and O–H groups in total. The lowest BCUT2D eigenvalue weighted by molar-refractivity contribution is 0.409. The summed E-state index contributed by atoms with van der Waals surface area (Å²) in [5.74, 6) is 0.800. The fourth-order valence-corrected chi connectivity index (χ4v) is 1.31. The maximum Gasteiger partial charge on any atom is 0.179 e. The van der Waals surface area contributed by atoms with E-state index < -0.39 is 0 Å². The number of aromatic amines is 1. The summed E-state index contributed by atoms with van der Waals surface area (Å²) in [6.45, 7) is 0. The minimum absolute atomic E-state index is 0.311. The SMILES string of the molecule is COc1ccc(F)cc1Cc1nn[nH]n1. The Bertz CT molecular complexity index is 443. The van der Waals surface area contributed by atoms with E-state index in [0.29, 0.717) is 23.6 Å². The lowest BCUT2D eigenvalue weighted by Crippen LogP contribution is -1.96. The van der Waals surface area contributed by atoms with E-state index in [0.717, 1.165) is 0 Å². The minimum atomic E-state index is -0.311. The second-order valence-corrected chi connectivity index (χ2v) is 2.96. The molecule has 2 rings (SSSR count). The van der Waals surface area contributed by atoms with Crippen molar-refractivity contribution in [2.24, 2.45) is 0 Å². The van der Waals surface area contributed by atoms with Gasteiger partial charge in [-0.2, -0.15) is 5.21 Å². The molecule has 5 nitrogen and oxygen atoms in total. The molecule has 0 spiro atoms. The molecule has 0 aliphatic carbocycles. The van der Waals surface area contributed by atoms with Gasteiger partial charge in [0, 0.05) is 12.0 Å². The largest absolute Gasteiger partial charge is 0.496 e. The second kappa shape index (κ2) is 4.04. The van der Waals surface area contributed by atoms with Crippen LogP contribution in [0.3, 0.4) is 0 Å². The number of hydrogen-bond acceptors (Lipinski definition) is 4. The first-order valence-electron chi connectivity index (χ1n) is 4.34. The smallest absolute Gasteiger partial charge is 0.179 e. The van der Waals surface area contributed by atoms with E-state index in [1.54, 1.807) is 6.07 Å². The fraction of sp³-hybridized carbons (Fsp3) is 0.222. The van der Waals surface area contributed by atoms with Crippen LogP contribution < -0.4 is 4.74 Å². The molecule has 0 bridgehead atoms. The van der Waals surface area contributed by atoms with Crippen molar-refractivity contribution in [3.8, 4) is 5.75 Å². The maximum absolute atomic E-state index is 13.0. The molecular weight excluding hydrogens is 199 g/mol. The number of methoxy groups -OCH3 is 1. The number of ether oxygens (including phenoxy) is 1. The quantitative estimate of drug-likeness (QED) is 0.815. The summed E-state index contributed by atoms with van der Waals surface area (Å²) < 4.78 is 18.1. The van der Waals surface area contributed by atoms with Crippen molar-refractivity contribution in [1.82, 2.24) is 20.6 Å². The molecule has 2 aromatic rings. The predicted molar refractivity (Wildman–Crippen MR) is 49.9 cm³/mol.